The Bertz CT molecular complexity index is 928. The summed E-state index contributed by atoms with van der Waals surface area (Å²) in [5.41, 5.74) is 1.65. The van der Waals surface area contributed by atoms with Crippen molar-refractivity contribution in [3.05, 3.63) is 23.8 Å². The summed E-state index contributed by atoms with van der Waals surface area (Å²) < 4.78 is 5.86. The van der Waals surface area contributed by atoms with Gasteiger partial charge in [-0.3, -0.25) is 9.59 Å². The minimum Gasteiger partial charge on any atom is -0.423 e. The number of amides is 2. The lowest BCUT2D eigenvalue weighted by atomic mass is 9.82. The molecule has 0 radical (unpaired) electrons. The molecule has 2 amide bonds. The van der Waals surface area contributed by atoms with Gasteiger partial charge in [-0.15, -0.1) is 0 Å². The Morgan fingerprint density at radius 3 is 2.83 bits per heavy atom. The number of carbonyl (C=O) groups is 2. The van der Waals surface area contributed by atoms with Gasteiger partial charge >= 0.3 is 0 Å². The first-order valence-corrected chi connectivity index (χ1v) is 10.5. The van der Waals surface area contributed by atoms with Gasteiger partial charge in [0.05, 0.1) is 5.56 Å². The summed E-state index contributed by atoms with van der Waals surface area (Å²) in [5.74, 6) is -0.149. The highest BCUT2D eigenvalue weighted by atomic mass is 16.4. The van der Waals surface area contributed by atoms with Gasteiger partial charge in [0.15, 0.2) is 5.58 Å². The van der Waals surface area contributed by atoms with Crippen molar-refractivity contribution < 1.29 is 14.0 Å². The smallest absolute Gasteiger partial charge is 0.298 e. The van der Waals surface area contributed by atoms with Gasteiger partial charge in [0.1, 0.15) is 12.1 Å². The highest BCUT2D eigenvalue weighted by Crippen LogP contribution is 2.33. The number of benzene rings is 1. The summed E-state index contributed by atoms with van der Waals surface area (Å²) in [7, 11) is 2.21. The number of hydrogen-bond donors (Lipinski definition) is 2. The Balaban J connectivity index is 1.35. The largest absolute Gasteiger partial charge is 0.423 e. The van der Waals surface area contributed by atoms with Gasteiger partial charge in [-0.2, -0.15) is 4.98 Å². The van der Waals surface area contributed by atoms with Crippen LogP contribution in [0.25, 0.3) is 11.1 Å². The second-order valence-electron chi connectivity index (χ2n) is 8.47. The molecule has 3 aliphatic rings. The number of para-hydroxylation sites is 1. The fourth-order valence-electron chi connectivity index (χ4n) is 5.05. The van der Waals surface area contributed by atoms with Crippen LogP contribution in [0.15, 0.2) is 22.6 Å². The number of aromatic nitrogens is 1. The first-order chi connectivity index (χ1) is 14.1. The SMILES string of the molecule is CN1C2CCCC1CC(NC(=O)c1cccc3oc(N4CCNC(=O)C4)nc13)C2. The van der Waals surface area contributed by atoms with Gasteiger partial charge in [-0.1, -0.05) is 12.5 Å². The first-order valence-electron chi connectivity index (χ1n) is 10.5. The molecule has 8 heteroatoms. The summed E-state index contributed by atoms with van der Waals surface area (Å²) >= 11 is 0. The third kappa shape index (κ3) is 3.46. The Morgan fingerprint density at radius 2 is 2.07 bits per heavy atom. The van der Waals surface area contributed by atoms with Gasteiger partial charge in [0.2, 0.25) is 5.91 Å². The molecule has 2 atom stereocenters. The molecule has 2 N–H and O–H groups in total. The molecule has 29 heavy (non-hydrogen) atoms. The van der Waals surface area contributed by atoms with Crippen LogP contribution in [0.2, 0.25) is 0 Å². The van der Waals surface area contributed by atoms with Crippen molar-refractivity contribution in [3.63, 3.8) is 0 Å². The quantitative estimate of drug-likeness (QED) is 0.816. The van der Waals surface area contributed by atoms with Crippen LogP contribution < -0.4 is 15.5 Å². The fourth-order valence-corrected chi connectivity index (χ4v) is 5.05. The third-order valence-corrected chi connectivity index (χ3v) is 6.64. The molecule has 0 spiro atoms. The summed E-state index contributed by atoms with van der Waals surface area (Å²) in [4.78, 5) is 33.6. The Labute approximate surface area is 169 Å². The van der Waals surface area contributed by atoms with Crippen molar-refractivity contribution >= 4 is 28.9 Å². The van der Waals surface area contributed by atoms with Gasteiger partial charge < -0.3 is 24.9 Å². The van der Waals surface area contributed by atoms with Crippen LogP contribution in [0.3, 0.4) is 0 Å². The minimum absolute atomic E-state index is 0.0516. The average molecular weight is 397 g/mol. The summed E-state index contributed by atoms with van der Waals surface area (Å²) in [6.07, 6.45) is 5.72. The minimum atomic E-state index is -0.0977. The Morgan fingerprint density at radius 1 is 1.28 bits per heavy atom. The number of fused-ring (bicyclic) bond motifs is 3. The second kappa shape index (κ2) is 7.33. The standard InChI is InChI=1S/C21H27N5O3/c1-25-14-4-2-5-15(25)11-13(10-14)23-20(28)16-6-3-7-17-19(16)24-21(29-17)26-9-8-22-18(27)12-26/h3,6-7,13-15H,2,4-5,8-12H2,1H3,(H,22,27)(H,23,28). The van der Waals surface area contributed by atoms with Crippen molar-refractivity contribution in [2.24, 2.45) is 0 Å². The monoisotopic (exact) mass is 397 g/mol. The lowest BCUT2D eigenvalue weighted by molar-refractivity contribution is -0.120. The van der Waals surface area contributed by atoms with Crippen LogP contribution in [0, 0.1) is 0 Å². The van der Waals surface area contributed by atoms with Crippen LogP contribution in [-0.2, 0) is 4.79 Å². The third-order valence-electron chi connectivity index (χ3n) is 6.64. The molecule has 2 aromatic rings. The van der Waals surface area contributed by atoms with E-state index in [-0.39, 0.29) is 24.4 Å². The van der Waals surface area contributed by atoms with E-state index in [4.69, 9.17) is 4.42 Å². The maximum Gasteiger partial charge on any atom is 0.298 e. The number of hydrogen-bond acceptors (Lipinski definition) is 6. The lowest BCUT2D eigenvalue weighted by Crippen LogP contribution is -2.55. The van der Waals surface area contributed by atoms with Gasteiger partial charge in [-0.05, 0) is 44.9 Å². The van der Waals surface area contributed by atoms with Crippen LogP contribution in [0.1, 0.15) is 42.5 Å². The van der Waals surface area contributed by atoms with E-state index in [1.165, 1.54) is 19.3 Å². The molecule has 1 aromatic carbocycles. The van der Waals surface area contributed by atoms with Crippen LogP contribution >= 0.6 is 0 Å². The fraction of sp³-hybridized carbons (Fsp3) is 0.571. The molecule has 2 bridgehead atoms. The molecule has 3 aliphatic heterocycles. The zero-order valence-electron chi connectivity index (χ0n) is 16.7. The molecule has 3 saturated heterocycles. The van der Waals surface area contributed by atoms with Gasteiger partial charge in [0, 0.05) is 31.2 Å². The van der Waals surface area contributed by atoms with E-state index in [1.54, 1.807) is 11.0 Å². The number of carbonyl (C=O) groups excluding carboxylic acids is 2. The number of oxazole rings is 1. The van der Waals surface area contributed by atoms with Crippen molar-refractivity contribution in [1.29, 1.82) is 0 Å². The number of piperazine rings is 1. The normalized spacial score (nSPS) is 27.7. The number of piperidine rings is 2. The number of nitrogens with one attached hydrogen (secondary N) is 2. The van der Waals surface area contributed by atoms with E-state index in [0.717, 1.165) is 12.8 Å². The molecule has 8 nitrogen and oxygen atoms in total. The topological polar surface area (TPSA) is 90.7 Å². The molecular weight excluding hydrogens is 370 g/mol. The Hall–Kier alpha value is -2.61. The summed E-state index contributed by atoms with van der Waals surface area (Å²) in [6.45, 7) is 1.41. The van der Waals surface area contributed by atoms with E-state index in [9.17, 15) is 9.59 Å². The van der Waals surface area contributed by atoms with Gasteiger partial charge in [0.25, 0.3) is 11.9 Å². The van der Waals surface area contributed by atoms with E-state index in [1.807, 2.05) is 12.1 Å². The Kier molecular flexibility index (Phi) is 4.66. The number of anilines is 1. The van der Waals surface area contributed by atoms with Crippen molar-refractivity contribution in [3.8, 4) is 0 Å². The van der Waals surface area contributed by atoms with Crippen molar-refractivity contribution in [2.45, 2.75) is 50.2 Å². The maximum atomic E-state index is 13.1. The van der Waals surface area contributed by atoms with Gasteiger partial charge in [-0.25, -0.2) is 0 Å². The molecule has 0 saturated carbocycles. The van der Waals surface area contributed by atoms with E-state index in [2.05, 4.69) is 27.6 Å². The van der Waals surface area contributed by atoms with E-state index < -0.39 is 0 Å². The zero-order valence-corrected chi connectivity index (χ0v) is 16.7. The highest BCUT2D eigenvalue weighted by Gasteiger charge is 2.36. The molecule has 5 rings (SSSR count). The summed E-state index contributed by atoms with van der Waals surface area (Å²) in [6, 6.07) is 7.14. The molecule has 3 fully saturated rings. The summed E-state index contributed by atoms with van der Waals surface area (Å²) in [5, 5.41) is 6.04. The predicted octanol–water partition coefficient (Wildman–Crippen LogP) is 1.51. The van der Waals surface area contributed by atoms with E-state index in [0.29, 0.717) is 47.9 Å². The van der Waals surface area contributed by atoms with Crippen LogP contribution in [0.4, 0.5) is 6.01 Å². The van der Waals surface area contributed by atoms with E-state index >= 15 is 0 Å². The molecule has 4 heterocycles. The van der Waals surface area contributed by atoms with Crippen LogP contribution in [-0.4, -0.2) is 66.5 Å². The predicted molar refractivity (Wildman–Crippen MR) is 109 cm³/mol. The molecular formula is C21H27N5O3. The maximum absolute atomic E-state index is 13.1. The zero-order chi connectivity index (χ0) is 20.0. The molecule has 0 aliphatic carbocycles. The molecule has 2 unspecified atom stereocenters. The number of rotatable bonds is 3. The average Bonchev–Trinajstić information content (AvgIpc) is 3.13. The molecule has 1 aromatic heterocycles. The van der Waals surface area contributed by atoms with Crippen molar-refractivity contribution in [2.75, 3.05) is 31.6 Å². The highest BCUT2D eigenvalue weighted by molar-refractivity contribution is 6.05. The second-order valence-corrected chi connectivity index (χ2v) is 8.47. The lowest BCUT2D eigenvalue weighted by Gasteiger charge is -2.47. The van der Waals surface area contributed by atoms with Crippen molar-refractivity contribution in [1.82, 2.24) is 20.5 Å². The van der Waals surface area contributed by atoms with Crippen LogP contribution in [0.5, 0.6) is 0 Å². The number of nitrogens with zero attached hydrogens (tertiary/aromatic N) is 3. The first kappa shape index (κ1) is 18.4. The molecule has 154 valence electrons.